The molecule has 178 valence electrons. The standard InChI is InChI=1S/C23H19Cl3N2O5S/c1-3-32-21-11-15(13-27-28-23(29)16-6-9-18(24)19(25)12-16)10-20(26)22(21)33-34(30,31)17-7-4-14(2)5-8-17/h4-13H,3H2,1-2H3,(H,28,29)/b27-13-. The average molecular weight is 542 g/mol. The van der Waals surface area contributed by atoms with Gasteiger partial charge in [-0.15, -0.1) is 0 Å². The Bertz CT molecular complexity index is 1340. The van der Waals surface area contributed by atoms with Crippen molar-refractivity contribution in [1.29, 1.82) is 0 Å². The maximum absolute atomic E-state index is 12.7. The lowest BCUT2D eigenvalue weighted by Gasteiger charge is -2.14. The van der Waals surface area contributed by atoms with Gasteiger partial charge >= 0.3 is 10.1 Å². The van der Waals surface area contributed by atoms with Crippen LogP contribution in [0.15, 0.2) is 64.6 Å². The summed E-state index contributed by atoms with van der Waals surface area (Å²) in [5.74, 6) is -0.556. The van der Waals surface area contributed by atoms with E-state index in [1.165, 1.54) is 48.7 Å². The molecule has 0 aliphatic heterocycles. The highest BCUT2D eigenvalue weighted by Gasteiger charge is 2.22. The van der Waals surface area contributed by atoms with E-state index in [4.69, 9.17) is 43.7 Å². The third-order valence-corrected chi connectivity index (χ3v) is 6.65. The van der Waals surface area contributed by atoms with Crippen molar-refractivity contribution >= 4 is 57.0 Å². The number of hydrazone groups is 1. The van der Waals surface area contributed by atoms with Gasteiger partial charge in [0.15, 0.2) is 5.75 Å². The van der Waals surface area contributed by atoms with Crippen molar-refractivity contribution in [2.75, 3.05) is 6.61 Å². The van der Waals surface area contributed by atoms with Crippen LogP contribution in [0.5, 0.6) is 11.5 Å². The SMILES string of the molecule is CCOc1cc(/C=N\NC(=O)c2ccc(Cl)c(Cl)c2)cc(Cl)c1OS(=O)(=O)c1ccc(C)cc1. The fourth-order valence-electron chi connectivity index (χ4n) is 2.74. The Kier molecular flexibility index (Phi) is 8.43. The number of nitrogens with one attached hydrogen (secondary N) is 1. The van der Waals surface area contributed by atoms with Crippen LogP contribution in [0.1, 0.15) is 28.4 Å². The maximum atomic E-state index is 12.7. The van der Waals surface area contributed by atoms with Gasteiger partial charge in [-0.3, -0.25) is 4.79 Å². The van der Waals surface area contributed by atoms with Crippen LogP contribution in [-0.4, -0.2) is 27.1 Å². The molecule has 0 heterocycles. The monoisotopic (exact) mass is 540 g/mol. The van der Waals surface area contributed by atoms with E-state index in [0.717, 1.165) is 5.56 Å². The van der Waals surface area contributed by atoms with Crippen molar-refractivity contribution in [2.24, 2.45) is 5.10 Å². The summed E-state index contributed by atoms with van der Waals surface area (Å²) >= 11 is 18.1. The molecule has 3 rings (SSSR count). The minimum atomic E-state index is -4.15. The molecule has 11 heteroatoms. The second-order valence-corrected chi connectivity index (χ2v) is 9.71. The van der Waals surface area contributed by atoms with E-state index < -0.39 is 16.0 Å². The summed E-state index contributed by atoms with van der Waals surface area (Å²) in [6.45, 7) is 3.80. The quantitative estimate of drug-likeness (QED) is 0.218. The van der Waals surface area contributed by atoms with Gasteiger partial charge in [0.25, 0.3) is 5.91 Å². The van der Waals surface area contributed by atoms with Gasteiger partial charge in [0, 0.05) is 5.56 Å². The zero-order valence-electron chi connectivity index (χ0n) is 18.0. The van der Waals surface area contributed by atoms with Crippen LogP contribution in [-0.2, 0) is 10.1 Å². The molecule has 1 amide bonds. The molecule has 0 fully saturated rings. The van der Waals surface area contributed by atoms with Crippen LogP contribution in [0, 0.1) is 6.92 Å². The van der Waals surface area contributed by atoms with Gasteiger partial charge in [-0.1, -0.05) is 52.5 Å². The van der Waals surface area contributed by atoms with Gasteiger partial charge < -0.3 is 8.92 Å². The molecule has 0 unspecified atom stereocenters. The van der Waals surface area contributed by atoms with Gasteiger partial charge in [-0.05, 0) is 61.9 Å². The summed E-state index contributed by atoms with van der Waals surface area (Å²) in [6.07, 6.45) is 1.32. The topological polar surface area (TPSA) is 94.1 Å². The first-order valence-electron chi connectivity index (χ1n) is 9.86. The molecular weight excluding hydrogens is 523 g/mol. The van der Waals surface area contributed by atoms with Crippen LogP contribution in [0.3, 0.4) is 0 Å². The number of aryl methyl sites for hydroxylation is 1. The molecule has 0 bridgehead atoms. The zero-order valence-corrected chi connectivity index (χ0v) is 21.1. The molecule has 7 nitrogen and oxygen atoms in total. The Balaban J connectivity index is 1.82. The number of nitrogens with zero attached hydrogens (tertiary/aromatic N) is 1. The van der Waals surface area contributed by atoms with Gasteiger partial charge in [0.1, 0.15) is 4.90 Å². The van der Waals surface area contributed by atoms with E-state index in [1.807, 2.05) is 6.92 Å². The Morgan fingerprint density at radius 2 is 1.71 bits per heavy atom. The van der Waals surface area contributed by atoms with Crippen LogP contribution in [0.4, 0.5) is 0 Å². The third kappa shape index (κ3) is 6.42. The predicted molar refractivity (Wildman–Crippen MR) is 133 cm³/mol. The van der Waals surface area contributed by atoms with E-state index in [0.29, 0.717) is 10.6 Å². The maximum Gasteiger partial charge on any atom is 0.339 e. The number of benzene rings is 3. The van der Waals surface area contributed by atoms with Crippen molar-refractivity contribution in [3.05, 3.63) is 86.4 Å². The van der Waals surface area contributed by atoms with Gasteiger partial charge in [-0.2, -0.15) is 13.5 Å². The summed E-state index contributed by atoms with van der Waals surface area (Å²) in [7, 11) is -4.15. The molecule has 0 spiro atoms. The normalized spacial score (nSPS) is 11.4. The predicted octanol–water partition coefficient (Wildman–Crippen LogP) is 5.89. The molecule has 3 aromatic rings. The van der Waals surface area contributed by atoms with Crippen LogP contribution < -0.4 is 14.3 Å². The zero-order chi connectivity index (χ0) is 24.9. The number of hydrogen-bond donors (Lipinski definition) is 1. The van der Waals surface area contributed by atoms with E-state index in [2.05, 4.69) is 10.5 Å². The summed E-state index contributed by atoms with van der Waals surface area (Å²) in [4.78, 5) is 12.2. The van der Waals surface area contributed by atoms with E-state index in [-0.39, 0.29) is 38.6 Å². The van der Waals surface area contributed by atoms with Gasteiger partial charge in [-0.25, -0.2) is 5.43 Å². The van der Waals surface area contributed by atoms with Crippen molar-refractivity contribution in [3.8, 4) is 11.5 Å². The fraction of sp³-hybridized carbons (Fsp3) is 0.130. The molecule has 3 aromatic carbocycles. The Morgan fingerprint density at radius 3 is 2.35 bits per heavy atom. The lowest BCUT2D eigenvalue weighted by Crippen LogP contribution is -2.17. The van der Waals surface area contributed by atoms with Crippen molar-refractivity contribution < 1.29 is 22.1 Å². The summed E-state index contributed by atoms with van der Waals surface area (Å²) in [6, 6.07) is 13.5. The molecule has 0 saturated heterocycles. The minimum Gasteiger partial charge on any atom is -0.490 e. The highest BCUT2D eigenvalue weighted by atomic mass is 35.5. The van der Waals surface area contributed by atoms with E-state index >= 15 is 0 Å². The van der Waals surface area contributed by atoms with Crippen LogP contribution in [0.25, 0.3) is 0 Å². The number of carbonyl (C=O) groups excluding carboxylic acids is 1. The summed E-state index contributed by atoms with van der Waals surface area (Å²) in [5, 5.41) is 4.45. The Labute approximate surface area is 212 Å². The first-order valence-corrected chi connectivity index (χ1v) is 12.4. The van der Waals surface area contributed by atoms with E-state index in [1.54, 1.807) is 19.1 Å². The van der Waals surface area contributed by atoms with Crippen LogP contribution in [0.2, 0.25) is 15.1 Å². The molecule has 0 saturated carbocycles. The Morgan fingerprint density at radius 1 is 1.00 bits per heavy atom. The number of rotatable bonds is 8. The van der Waals surface area contributed by atoms with E-state index in [9.17, 15) is 13.2 Å². The average Bonchev–Trinajstić information content (AvgIpc) is 2.78. The molecule has 0 radical (unpaired) electrons. The van der Waals surface area contributed by atoms with Gasteiger partial charge in [0.05, 0.1) is 27.9 Å². The number of carbonyl (C=O) groups is 1. The lowest BCUT2D eigenvalue weighted by molar-refractivity contribution is 0.0955. The van der Waals surface area contributed by atoms with Crippen LogP contribution >= 0.6 is 34.8 Å². The number of halogens is 3. The highest BCUT2D eigenvalue weighted by Crippen LogP contribution is 2.38. The van der Waals surface area contributed by atoms with Crippen molar-refractivity contribution in [1.82, 2.24) is 5.43 Å². The molecule has 0 aliphatic rings. The highest BCUT2D eigenvalue weighted by molar-refractivity contribution is 7.87. The fourth-order valence-corrected chi connectivity index (χ4v) is 4.29. The summed E-state index contributed by atoms with van der Waals surface area (Å²) < 4.78 is 36.2. The summed E-state index contributed by atoms with van der Waals surface area (Å²) in [5.41, 5.74) is 3.97. The smallest absolute Gasteiger partial charge is 0.339 e. The molecule has 1 N–H and O–H groups in total. The third-order valence-electron chi connectivity index (χ3n) is 4.40. The second-order valence-electron chi connectivity index (χ2n) is 6.94. The van der Waals surface area contributed by atoms with Gasteiger partial charge in [0.2, 0.25) is 5.75 Å². The largest absolute Gasteiger partial charge is 0.490 e. The second kappa shape index (κ2) is 11.1. The number of hydrogen-bond acceptors (Lipinski definition) is 6. The Hall–Kier alpha value is -2.78. The molecule has 34 heavy (non-hydrogen) atoms. The van der Waals surface area contributed by atoms with Crippen molar-refractivity contribution in [2.45, 2.75) is 18.7 Å². The minimum absolute atomic E-state index is 0.0149. The first-order chi connectivity index (χ1) is 16.1. The molecule has 0 aliphatic carbocycles. The lowest BCUT2D eigenvalue weighted by atomic mass is 10.2. The van der Waals surface area contributed by atoms with Crippen molar-refractivity contribution in [3.63, 3.8) is 0 Å². The molecular formula is C23H19Cl3N2O5S. The molecule has 0 aromatic heterocycles. The number of ether oxygens (including phenoxy) is 1. The first kappa shape index (κ1) is 25.8. The molecule has 0 atom stereocenters. The number of amides is 1.